The lowest BCUT2D eigenvalue weighted by Gasteiger charge is -2.34. The van der Waals surface area contributed by atoms with Crippen molar-refractivity contribution in [1.29, 1.82) is 0 Å². The molecule has 2 N–H and O–H groups in total. The quantitative estimate of drug-likeness (QED) is 0.555. The molecule has 1 aliphatic carbocycles. The molecule has 0 radical (unpaired) electrons. The second-order valence-corrected chi connectivity index (χ2v) is 9.58. The first kappa shape index (κ1) is 22.4. The number of sulfonamides is 1. The fourth-order valence-electron chi connectivity index (χ4n) is 3.84. The Morgan fingerprint density at radius 2 is 2.09 bits per heavy atom. The van der Waals surface area contributed by atoms with E-state index in [-0.39, 0.29) is 22.5 Å². The molecular formula is C20H21ClFN5O4S. The highest BCUT2D eigenvalue weighted by Gasteiger charge is 2.35. The van der Waals surface area contributed by atoms with Crippen LogP contribution in [0.2, 0.25) is 5.02 Å². The van der Waals surface area contributed by atoms with Gasteiger partial charge in [0.05, 0.1) is 11.1 Å². The van der Waals surface area contributed by atoms with Gasteiger partial charge in [0.1, 0.15) is 34.7 Å². The number of halogens is 2. The molecule has 0 bridgehead atoms. The van der Waals surface area contributed by atoms with Gasteiger partial charge in [0.25, 0.3) is 10.0 Å². The van der Waals surface area contributed by atoms with Gasteiger partial charge in [0, 0.05) is 43.5 Å². The minimum Gasteiger partial charge on any atom is -0.488 e. The summed E-state index contributed by atoms with van der Waals surface area (Å²) in [6.07, 6.45) is 4.71. The third-order valence-electron chi connectivity index (χ3n) is 5.38. The molecule has 1 fully saturated rings. The Balaban J connectivity index is 1.60. The SMILES string of the molecule is Cn1nccc1[C@H]1CC[C@@H](O)C[C@@H]1Oc1cc(F)c(S(=O)(=O)Nc2ccncn2)cc1Cl. The molecular weight excluding hydrogens is 461 g/mol. The highest BCUT2D eigenvalue weighted by molar-refractivity contribution is 7.92. The molecule has 2 heterocycles. The molecule has 1 aromatic carbocycles. The van der Waals surface area contributed by atoms with Gasteiger partial charge < -0.3 is 9.84 Å². The van der Waals surface area contributed by atoms with Gasteiger partial charge >= 0.3 is 0 Å². The first-order valence-corrected chi connectivity index (χ1v) is 11.7. The normalized spacial score (nSPS) is 21.3. The largest absolute Gasteiger partial charge is 0.488 e. The highest BCUT2D eigenvalue weighted by Crippen LogP contribution is 2.38. The van der Waals surface area contributed by atoms with E-state index in [1.165, 1.54) is 12.3 Å². The zero-order valence-corrected chi connectivity index (χ0v) is 18.6. The van der Waals surface area contributed by atoms with E-state index in [1.807, 2.05) is 13.1 Å². The van der Waals surface area contributed by atoms with E-state index in [1.54, 1.807) is 10.9 Å². The van der Waals surface area contributed by atoms with Gasteiger partial charge in [-0.05, 0) is 31.0 Å². The fourth-order valence-corrected chi connectivity index (χ4v) is 5.21. The highest BCUT2D eigenvalue weighted by atomic mass is 35.5. The molecule has 4 rings (SSSR count). The number of aryl methyl sites for hydroxylation is 1. The molecule has 0 aliphatic heterocycles. The van der Waals surface area contributed by atoms with Crippen molar-refractivity contribution in [1.82, 2.24) is 19.7 Å². The molecule has 12 heteroatoms. The van der Waals surface area contributed by atoms with E-state index < -0.39 is 32.9 Å². The van der Waals surface area contributed by atoms with Crippen LogP contribution in [-0.2, 0) is 17.1 Å². The molecule has 0 saturated heterocycles. The maximum Gasteiger partial charge on any atom is 0.266 e. The van der Waals surface area contributed by atoms with Gasteiger partial charge in [-0.1, -0.05) is 11.6 Å². The number of aliphatic hydroxyl groups excluding tert-OH is 1. The molecule has 0 unspecified atom stereocenters. The third kappa shape index (κ3) is 4.69. The van der Waals surface area contributed by atoms with E-state index in [2.05, 4.69) is 19.8 Å². The first-order valence-electron chi connectivity index (χ1n) is 9.85. The lowest BCUT2D eigenvalue weighted by molar-refractivity contribution is 0.0370. The number of rotatable bonds is 6. The Hall–Kier alpha value is -2.76. The van der Waals surface area contributed by atoms with Crippen molar-refractivity contribution in [2.45, 2.75) is 42.3 Å². The van der Waals surface area contributed by atoms with Crippen LogP contribution in [0.25, 0.3) is 0 Å². The van der Waals surface area contributed by atoms with Crippen LogP contribution in [0.5, 0.6) is 5.75 Å². The van der Waals surface area contributed by atoms with Crippen LogP contribution in [-0.4, -0.2) is 45.5 Å². The zero-order chi connectivity index (χ0) is 22.9. The lowest BCUT2D eigenvalue weighted by Crippen LogP contribution is -2.36. The maximum absolute atomic E-state index is 14.8. The number of benzene rings is 1. The first-order chi connectivity index (χ1) is 15.2. The Labute approximate surface area is 189 Å². The van der Waals surface area contributed by atoms with Gasteiger partial charge in [-0.2, -0.15) is 5.10 Å². The standard InChI is InChI=1S/C20H21ClFN5O4S/c1-27-16(4-7-25-27)13-3-2-12(28)8-17(13)31-18-10-15(22)19(9-14(18)21)32(29,30)26-20-5-6-23-11-24-20/h4-7,9-13,17,28H,2-3,8H2,1H3,(H,23,24,26)/t12-,13-,17+/m1/s1. The van der Waals surface area contributed by atoms with Crippen molar-refractivity contribution >= 4 is 27.4 Å². The Morgan fingerprint density at radius 3 is 2.78 bits per heavy atom. The number of aromatic nitrogens is 4. The molecule has 2 aromatic heterocycles. The summed E-state index contributed by atoms with van der Waals surface area (Å²) in [5.74, 6) is -1.13. The van der Waals surface area contributed by atoms with Crippen LogP contribution in [0.15, 0.2) is 47.9 Å². The van der Waals surface area contributed by atoms with Crippen LogP contribution in [0.4, 0.5) is 10.2 Å². The number of hydrogen-bond acceptors (Lipinski definition) is 7. The number of anilines is 1. The number of ether oxygens (including phenoxy) is 1. The minimum absolute atomic E-state index is 0.00331. The summed E-state index contributed by atoms with van der Waals surface area (Å²) < 4.78 is 50.0. The molecule has 3 aromatic rings. The van der Waals surface area contributed by atoms with Gasteiger partial charge in [-0.3, -0.25) is 9.40 Å². The van der Waals surface area contributed by atoms with Crippen LogP contribution in [0, 0.1) is 5.82 Å². The monoisotopic (exact) mass is 481 g/mol. The van der Waals surface area contributed by atoms with Gasteiger partial charge in [-0.25, -0.2) is 22.8 Å². The predicted octanol–water partition coefficient (Wildman–Crippen LogP) is 2.88. The fraction of sp³-hybridized carbons (Fsp3) is 0.350. The molecule has 1 aliphatic rings. The average Bonchev–Trinajstić information content (AvgIpc) is 3.16. The molecule has 0 spiro atoms. The number of aliphatic hydroxyl groups is 1. The van der Waals surface area contributed by atoms with Crippen molar-refractivity contribution in [3.05, 3.63) is 59.5 Å². The lowest BCUT2D eigenvalue weighted by atomic mass is 9.82. The van der Waals surface area contributed by atoms with E-state index in [0.717, 1.165) is 24.2 Å². The minimum atomic E-state index is -4.28. The second kappa shape index (κ2) is 9.00. The second-order valence-electron chi connectivity index (χ2n) is 7.52. The number of nitrogens with zero attached hydrogens (tertiary/aromatic N) is 4. The number of nitrogens with one attached hydrogen (secondary N) is 1. The average molecular weight is 482 g/mol. The van der Waals surface area contributed by atoms with Crippen LogP contribution < -0.4 is 9.46 Å². The number of hydrogen-bond donors (Lipinski definition) is 2. The van der Waals surface area contributed by atoms with Crippen LogP contribution >= 0.6 is 11.6 Å². The van der Waals surface area contributed by atoms with Crippen molar-refractivity contribution in [3.8, 4) is 5.75 Å². The molecule has 32 heavy (non-hydrogen) atoms. The van der Waals surface area contributed by atoms with Crippen molar-refractivity contribution < 1.29 is 22.7 Å². The summed E-state index contributed by atoms with van der Waals surface area (Å²) in [7, 11) is -2.47. The van der Waals surface area contributed by atoms with Gasteiger partial charge in [-0.15, -0.1) is 0 Å². The Morgan fingerprint density at radius 1 is 1.28 bits per heavy atom. The molecule has 9 nitrogen and oxygen atoms in total. The summed E-state index contributed by atoms with van der Waals surface area (Å²) in [6.45, 7) is 0. The molecule has 0 amide bonds. The molecule has 3 atom stereocenters. The van der Waals surface area contributed by atoms with Crippen molar-refractivity contribution in [2.75, 3.05) is 4.72 Å². The topological polar surface area (TPSA) is 119 Å². The van der Waals surface area contributed by atoms with Crippen LogP contribution in [0.3, 0.4) is 0 Å². The molecule has 1 saturated carbocycles. The van der Waals surface area contributed by atoms with E-state index >= 15 is 0 Å². The van der Waals surface area contributed by atoms with E-state index in [0.29, 0.717) is 19.3 Å². The predicted molar refractivity (Wildman–Crippen MR) is 114 cm³/mol. The summed E-state index contributed by atoms with van der Waals surface area (Å²) in [4.78, 5) is 6.83. The summed E-state index contributed by atoms with van der Waals surface area (Å²) in [6, 6.07) is 5.14. The Bertz CT molecular complexity index is 1210. The summed E-state index contributed by atoms with van der Waals surface area (Å²) in [5, 5.41) is 14.3. The Kier molecular flexibility index (Phi) is 6.31. The zero-order valence-electron chi connectivity index (χ0n) is 17.0. The van der Waals surface area contributed by atoms with Crippen LogP contribution in [0.1, 0.15) is 30.9 Å². The van der Waals surface area contributed by atoms with Gasteiger partial charge in [0.2, 0.25) is 0 Å². The van der Waals surface area contributed by atoms with E-state index in [9.17, 15) is 17.9 Å². The maximum atomic E-state index is 14.8. The van der Waals surface area contributed by atoms with Crippen molar-refractivity contribution in [3.63, 3.8) is 0 Å². The van der Waals surface area contributed by atoms with Crippen molar-refractivity contribution in [2.24, 2.45) is 7.05 Å². The van der Waals surface area contributed by atoms with E-state index in [4.69, 9.17) is 16.3 Å². The third-order valence-corrected chi connectivity index (χ3v) is 7.04. The summed E-state index contributed by atoms with van der Waals surface area (Å²) >= 11 is 6.28. The smallest absolute Gasteiger partial charge is 0.266 e. The van der Waals surface area contributed by atoms with Gasteiger partial charge in [0.15, 0.2) is 0 Å². The summed E-state index contributed by atoms with van der Waals surface area (Å²) in [5.41, 5.74) is 0.923. The molecule has 170 valence electrons.